The number of phenols is 1. The molecule has 1 heterocycles. The highest BCUT2D eigenvalue weighted by atomic mass is 35.5. The minimum atomic E-state index is 0.0550. The number of phenolic OH excluding ortho intramolecular Hbond substituents is 1. The third kappa shape index (κ3) is 2.91. The van der Waals surface area contributed by atoms with Crippen molar-refractivity contribution in [2.75, 3.05) is 19.6 Å². The van der Waals surface area contributed by atoms with Gasteiger partial charge in [0.15, 0.2) is 0 Å². The van der Waals surface area contributed by atoms with Crippen LogP contribution < -0.4 is 5.32 Å². The van der Waals surface area contributed by atoms with E-state index in [0.29, 0.717) is 16.6 Å². The van der Waals surface area contributed by atoms with Gasteiger partial charge in [0.25, 0.3) is 0 Å². The second-order valence-corrected chi connectivity index (χ2v) is 6.15. The van der Waals surface area contributed by atoms with Gasteiger partial charge in [0.05, 0.1) is 5.02 Å². The molecular weight excluding hydrogens is 271 g/mol. The van der Waals surface area contributed by atoms with E-state index in [4.69, 9.17) is 23.2 Å². The second kappa shape index (κ2) is 5.25. The highest BCUT2D eigenvalue weighted by Crippen LogP contribution is 2.33. The minimum Gasteiger partial charge on any atom is -0.506 e. The summed E-state index contributed by atoms with van der Waals surface area (Å²) < 4.78 is 0. The number of nitrogens with one attached hydrogen (secondary N) is 1. The van der Waals surface area contributed by atoms with Crippen molar-refractivity contribution in [3.63, 3.8) is 0 Å². The van der Waals surface area contributed by atoms with Crippen LogP contribution >= 0.6 is 23.2 Å². The van der Waals surface area contributed by atoms with Gasteiger partial charge in [-0.1, -0.05) is 23.2 Å². The molecule has 1 aliphatic rings. The first-order valence-electron chi connectivity index (χ1n) is 6.03. The van der Waals surface area contributed by atoms with Gasteiger partial charge < -0.3 is 10.4 Å². The van der Waals surface area contributed by atoms with E-state index >= 15 is 0 Å². The minimum absolute atomic E-state index is 0.0550. The summed E-state index contributed by atoms with van der Waals surface area (Å²) in [6, 6.07) is 3.34. The van der Waals surface area contributed by atoms with Crippen molar-refractivity contribution in [1.82, 2.24) is 10.2 Å². The number of hydrogen-bond acceptors (Lipinski definition) is 3. The molecule has 3 nitrogen and oxygen atoms in total. The van der Waals surface area contributed by atoms with Crippen LogP contribution in [0.5, 0.6) is 5.75 Å². The largest absolute Gasteiger partial charge is 0.506 e. The average molecular weight is 289 g/mol. The lowest BCUT2D eigenvalue weighted by Gasteiger charge is -2.43. The lowest BCUT2D eigenvalue weighted by molar-refractivity contribution is 0.0819. The Labute approximate surface area is 118 Å². The highest BCUT2D eigenvalue weighted by Gasteiger charge is 2.30. The summed E-state index contributed by atoms with van der Waals surface area (Å²) in [4.78, 5) is 2.32. The molecule has 1 aromatic rings. The molecule has 0 atom stereocenters. The van der Waals surface area contributed by atoms with E-state index in [2.05, 4.69) is 24.1 Å². The van der Waals surface area contributed by atoms with Gasteiger partial charge in [0.2, 0.25) is 0 Å². The Balaban J connectivity index is 2.23. The summed E-state index contributed by atoms with van der Waals surface area (Å²) in [5.74, 6) is 0.135. The molecule has 100 valence electrons. The summed E-state index contributed by atoms with van der Waals surface area (Å²) in [5.41, 5.74) is 0.835. The van der Waals surface area contributed by atoms with E-state index in [1.807, 2.05) is 0 Å². The van der Waals surface area contributed by atoms with Crippen LogP contribution in [0, 0.1) is 0 Å². The average Bonchev–Trinajstić information content (AvgIpc) is 2.27. The van der Waals surface area contributed by atoms with Gasteiger partial charge >= 0.3 is 0 Å². The molecule has 2 rings (SSSR count). The normalized spacial score (nSPS) is 20.0. The van der Waals surface area contributed by atoms with Gasteiger partial charge in [0, 0.05) is 42.3 Å². The van der Waals surface area contributed by atoms with Crippen LogP contribution in [-0.4, -0.2) is 35.2 Å². The lowest BCUT2D eigenvalue weighted by Crippen LogP contribution is -2.57. The van der Waals surface area contributed by atoms with Crippen LogP contribution in [-0.2, 0) is 6.54 Å². The zero-order chi connectivity index (χ0) is 13.3. The van der Waals surface area contributed by atoms with E-state index in [1.165, 1.54) is 0 Å². The Kier molecular flexibility index (Phi) is 4.07. The lowest BCUT2D eigenvalue weighted by atomic mass is 9.99. The number of hydrogen-bond donors (Lipinski definition) is 2. The predicted molar refractivity (Wildman–Crippen MR) is 75.5 cm³/mol. The van der Waals surface area contributed by atoms with Crippen LogP contribution in [0.2, 0.25) is 10.0 Å². The van der Waals surface area contributed by atoms with Crippen molar-refractivity contribution in [2.45, 2.75) is 25.9 Å². The van der Waals surface area contributed by atoms with Gasteiger partial charge in [-0.05, 0) is 26.0 Å². The van der Waals surface area contributed by atoms with Gasteiger partial charge in [-0.15, -0.1) is 0 Å². The maximum absolute atomic E-state index is 9.99. The van der Waals surface area contributed by atoms with Gasteiger partial charge in [0.1, 0.15) is 5.75 Å². The molecule has 0 amide bonds. The smallest absolute Gasteiger partial charge is 0.138 e. The highest BCUT2D eigenvalue weighted by molar-refractivity contribution is 6.35. The Morgan fingerprint density at radius 2 is 2.11 bits per heavy atom. The fraction of sp³-hybridized carbons (Fsp3) is 0.538. The zero-order valence-corrected chi connectivity index (χ0v) is 12.1. The Morgan fingerprint density at radius 3 is 2.78 bits per heavy atom. The molecule has 0 saturated carbocycles. The van der Waals surface area contributed by atoms with Gasteiger partial charge in [-0.3, -0.25) is 4.90 Å². The van der Waals surface area contributed by atoms with Gasteiger partial charge in [-0.2, -0.15) is 0 Å². The number of piperazine rings is 1. The molecule has 1 fully saturated rings. The SMILES string of the molecule is CC1(C)CNCCN1Cc1cc(Cl)cc(Cl)c1O. The van der Waals surface area contributed by atoms with E-state index in [-0.39, 0.29) is 11.3 Å². The molecule has 0 spiro atoms. The second-order valence-electron chi connectivity index (χ2n) is 5.31. The third-order valence-electron chi connectivity index (χ3n) is 3.44. The molecule has 5 heteroatoms. The molecule has 0 aliphatic carbocycles. The van der Waals surface area contributed by atoms with Crippen molar-refractivity contribution in [1.29, 1.82) is 0 Å². The molecule has 0 bridgehead atoms. The molecule has 0 aromatic heterocycles. The van der Waals surface area contributed by atoms with E-state index in [1.54, 1.807) is 12.1 Å². The first kappa shape index (κ1) is 13.9. The maximum atomic E-state index is 9.99. The van der Waals surface area contributed by atoms with Crippen LogP contribution in [0.25, 0.3) is 0 Å². The van der Waals surface area contributed by atoms with E-state index in [0.717, 1.165) is 25.2 Å². The van der Waals surface area contributed by atoms with Crippen LogP contribution in [0.1, 0.15) is 19.4 Å². The molecule has 18 heavy (non-hydrogen) atoms. The number of benzene rings is 1. The van der Waals surface area contributed by atoms with Crippen LogP contribution in [0.4, 0.5) is 0 Å². The third-order valence-corrected chi connectivity index (χ3v) is 3.95. The Morgan fingerprint density at radius 1 is 1.39 bits per heavy atom. The standard InChI is InChI=1S/C13H18Cl2N2O/c1-13(2)8-16-3-4-17(13)7-9-5-10(14)6-11(15)12(9)18/h5-6,16,18H,3-4,7-8H2,1-2H3. The Bertz CT molecular complexity index is 449. The number of rotatable bonds is 2. The summed E-state index contributed by atoms with van der Waals surface area (Å²) in [7, 11) is 0. The first-order valence-corrected chi connectivity index (χ1v) is 6.78. The van der Waals surface area contributed by atoms with Crippen LogP contribution in [0.15, 0.2) is 12.1 Å². The van der Waals surface area contributed by atoms with E-state index < -0.39 is 0 Å². The van der Waals surface area contributed by atoms with Crippen molar-refractivity contribution < 1.29 is 5.11 Å². The fourth-order valence-electron chi connectivity index (χ4n) is 2.26. The van der Waals surface area contributed by atoms with E-state index in [9.17, 15) is 5.11 Å². The Hall–Kier alpha value is -0.480. The maximum Gasteiger partial charge on any atom is 0.138 e. The first-order chi connectivity index (χ1) is 8.40. The number of halogens is 2. The molecule has 0 radical (unpaired) electrons. The zero-order valence-electron chi connectivity index (χ0n) is 10.6. The number of aromatic hydroxyl groups is 1. The monoisotopic (exact) mass is 288 g/mol. The molecular formula is C13H18Cl2N2O. The molecule has 1 saturated heterocycles. The van der Waals surface area contributed by atoms with Crippen LogP contribution in [0.3, 0.4) is 0 Å². The summed E-state index contributed by atoms with van der Waals surface area (Å²) in [6.45, 7) is 7.85. The van der Waals surface area contributed by atoms with Crippen molar-refractivity contribution in [2.24, 2.45) is 0 Å². The molecule has 2 N–H and O–H groups in total. The fourth-order valence-corrected chi connectivity index (χ4v) is 2.80. The summed E-state index contributed by atoms with van der Waals surface area (Å²) >= 11 is 11.9. The number of nitrogens with zero attached hydrogens (tertiary/aromatic N) is 1. The van der Waals surface area contributed by atoms with Crippen molar-refractivity contribution in [3.8, 4) is 5.75 Å². The molecule has 1 aliphatic heterocycles. The molecule has 1 aromatic carbocycles. The van der Waals surface area contributed by atoms with Crippen molar-refractivity contribution in [3.05, 3.63) is 27.7 Å². The quantitative estimate of drug-likeness (QED) is 0.878. The predicted octanol–water partition coefficient (Wildman–Crippen LogP) is 2.88. The summed E-state index contributed by atoms with van der Waals surface area (Å²) in [5, 5.41) is 14.2. The topological polar surface area (TPSA) is 35.5 Å². The van der Waals surface area contributed by atoms with Crippen molar-refractivity contribution >= 4 is 23.2 Å². The summed E-state index contributed by atoms with van der Waals surface area (Å²) in [6.07, 6.45) is 0. The molecule has 0 unspecified atom stereocenters. The van der Waals surface area contributed by atoms with Gasteiger partial charge in [-0.25, -0.2) is 0 Å².